The molecule has 1 aliphatic rings. The van der Waals surface area contributed by atoms with Crippen molar-refractivity contribution >= 4 is 29.5 Å². The normalized spacial score (nSPS) is 22.8. The van der Waals surface area contributed by atoms with Crippen molar-refractivity contribution in [2.45, 2.75) is 43.8 Å². The van der Waals surface area contributed by atoms with Crippen molar-refractivity contribution in [1.29, 1.82) is 0 Å². The summed E-state index contributed by atoms with van der Waals surface area (Å²) in [5.74, 6) is 2.29. The van der Waals surface area contributed by atoms with E-state index in [9.17, 15) is 4.79 Å². The highest BCUT2D eigenvalue weighted by Crippen LogP contribution is 2.45. The molecule has 1 aliphatic heterocycles. The highest BCUT2D eigenvalue weighted by atomic mass is 32.2. The van der Waals surface area contributed by atoms with Crippen LogP contribution in [-0.4, -0.2) is 27.7 Å². The summed E-state index contributed by atoms with van der Waals surface area (Å²) < 4.78 is 5.40. The number of hydrogen-bond acceptors (Lipinski definition) is 4. The van der Waals surface area contributed by atoms with Crippen molar-refractivity contribution in [2.24, 2.45) is 0 Å². The molecule has 0 unspecified atom stereocenters. The Kier molecular flexibility index (Phi) is 4.64. The molecule has 0 aliphatic carbocycles. The highest BCUT2D eigenvalue weighted by molar-refractivity contribution is 8.18. The number of carbonyl (C=O) groups is 1. The average molecular weight is 234 g/mol. The van der Waals surface area contributed by atoms with Gasteiger partial charge in [0.25, 0.3) is 0 Å². The van der Waals surface area contributed by atoms with Gasteiger partial charge in [-0.25, -0.2) is 0 Å². The minimum atomic E-state index is -0.174. The van der Waals surface area contributed by atoms with Crippen LogP contribution >= 0.6 is 23.5 Å². The summed E-state index contributed by atoms with van der Waals surface area (Å²) in [4.78, 5) is 10.8. The Balaban J connectivity index is 2.36. The maximum Gasteiger partial charge on any atom is 0.302 e. The third-order valence-corrected chi connectivity index (χ3v) is 5.38. The molecule has 1 saturated heterocycles. The van der Waals surface area contributed by atoms with Gasteiger partial charge in [0.2, 0.25) is 0 Å². The average Bonchev–Trinajstić information content (AvgIpc) is 2.02. The maximum atomic E-state index is 10.8. The fourth-order valence-corrected chi connectivity index (χ4v) is 4.80. The Morgan fingerprint density at radius 2 is 2.07 bits per heavy atom. The van der Waals surface area contributed by atoms with Gasteiger partial charge in [-0.2, -0.15) is 0 Å². The van der Waals surface area contributed by atoms with E-state index in [0.717, 1.165) is 6.42 Å². The first-order chi connectivity index (χ1) is 6.52. The molecule has 82 valence electrons. The van der Waals surface area contributed by atoms with Crippen LogP contribution in [0.15, 0.2) is 0 Å². The van der Waals surface area contributed by atoms with Gasteiger partial charge in [0.05, 0.1) is 4.08 Å². The molecule has 0 spiro atoms. The summed E-state index contributed by atoms with van der Waals surface area (Å²) in [7, 11) is 0. The van der Waals surface area contributed by atoms with E-state index in [1.54, 1.807) is 0 Å². The molecule has 0 bridgehead atoms. The van der Waals surface area contributed by atoms with Crippen molar-refractivity contribution in [1.82, 2.24) is 0 Å². The first kappa shape index (κ1) is 12.2. The largest absolute Gasteiger partial charge is 0.463 e. The lowest BCUT2D eigenvalue weighted by Gasteiger charge is -2.34. The summed E-state index contributed by atoms with van der Waals surface area (Å²) >= 11 is 3.99. The molecule has 1 rings (SSSR count). The number of carbonyl (C=O) groups excluding carboxylic acids is 1. The molecule has 0 aromatic rings. The van der Waals surface area contributed by atoms with Gasteiger partial charge in [-0.3, -0.25) is 4.79 Å². The summed E-state index contributed by atoms with van der Waals surface area (Å²) in [5, 5.41) is 0. The Bertz CT molecular complexity index is 200. The molecule has 1 fully saturated rings. The van der Waals surface area contributed by atoms with E-state index in [1.165, 1.54) is 24.9 Å². The molecular weight excluding hydrogens is 216 g/mol. The molecule has 0 radical (unpaired) electrons. The van der Waals surface area contributed by atoms with Crippen molar-refractivity contribution in [3.05, 3.63) is 0 Å². The zero-order valence-electron chi connectivity index (χ0n) is 9.04. The van der Waals surface area contributed by atoms with Crippen molar-refractivity contribution in [3.8, 4) is 0 Å². The van der Waals surface area contributed by atoms with Crippen molar-refractivity contribution < 1.29 is 9.53 Å². The highest BCUT2D eigenvalue weighted by Gasteiger charge is 2.30. The molecule has 2 nitrogen and oxygen atoms in total. The van der Waals surface area contributed by atoms with E-state index in [4.69, 9.17) is 4.74 Å². The quantitative estimate of drug-likeness (QED) is 0.701. The minimum absolute atomic E-state index is 0.0376. The smallest absolute Gasteiger partial charge is 0.302 e. The molecule has 14 heavy (non-hydrogen) atoms. The third kappa shape index (κ3) is 4.13. The lowest BCUT2D eigenvalue weighted by Crippen LogP contribution is -2.28. The predicted octanol–water partition coefficient (Wildman–Crippen LogP) is 2.91. The fraction of sp³-hybridized carbons (Fsp3) is 0.900. The standard InChI is InChI=1S/C10H18O2S2/c1-8(12-9(2)11)7-10(3)13-5-4-6-14-10/h8H,4-7H2,1-3H3/t8-/m1/s1. The van der Waals surface area contributed by atoms with Gasteiger partial charge in [-0.05, 0) is 31.8 Å². The summed E-state index contributed by atoms with van der Waals surface area (Å²) in [6.07, 6.45) is 2.28. The lowest BCUT2D eigenvalue weighted by atomic mass is 10.2. The number of esters is 1. The molecule has 1 heterocycles. The number of hydrogen-bond donors (Lipinski definition) is 0. The second-order valence-electron chi connectivity index (χ2n) is 3.81. The monoisotopic (exact) mass is 234 g/mol. The summed E-state index contributed by atoms with van der Waals surface area (Å²) in [5.41, 5.74) is 0. The van der Waals surface area contributed by atoms with Crippen LogP contribution < -0.4 is 0 Å². The predicted molar refractivity (Wildman–Crippen MR) is 63.8 cm³/mol. The zero-order chi connectivity index (χ0) is 10.6. The molecule has 1 atom stereocenters. The molecule has 0 aromatic carbocycles. The van der Waals surface area contributed by atoms with Crippen LogP contribution in [0.2, 0.25) is 0 Å². The number of rotatable bonds is 3. The van der Waals surface area contributed by atoms with Gasteiger partial charge in [-0.15, -0.1) is 23.5 Å². The minimum Gasteiger partial charge on any atom is -0.463 e. The number of ether oxygens (including phenoxy) is 1. The first-order valence-electron chi connectivity index (χ1n) is 4.97. The summed E-state index contributed by atoms with van der Waals surface area (Å²) in [6.45, 7) is 5.70. The van der Waals surface area contributed by atoms with Gasteiger partial charge in [0.1, 0.15) is 6.10 Å². The van der Waals surface area contributed by atoms with E-state index in [2.05, 4.69) is 6.92 Å². The van der Waals surface area contributed by atoms with Gasteiger partial charge in [-0.1, -0.05) is 0 Å². The molecular formula is C10H18O2S2. The third-order valence-electron chi connectivity index (χ3n) is 2.13. The van der Waals surface area contributed by atoms with Crippen LogP contribution in [0.25, 0.3) is 0 Å². The second-order valence-corrected chi connectivity index (χ2v) is 7.26. The van der Waals surface area contributed by atoms with E-state index < -0.39 is 0 Å². The fourth-order valence-electron chi connectivity index (χ4n) is 1.64. The van der Waals surface area contributed by atoms with Crippen molar-refractivity contribution in [2.75, 3.05) is 11.5 Å². The van der Waals surface area contributed by atoms with Crippen LogP contribution in [0.1, 0.15) is 33.6 Å². The van der Waals surface area contributed by atoms with E-state index in [-0.39, 0.29) is 16.2 Å². The maximum absolute atomic E-state index is 10.8. The Morgan fingerprint density at radius 1 is 1.50 bits per heavy atom. The first-order valence-corrected chi connectivity index (χ1v) is 6.94. The molecule has 0 aromatic heterocycles. The Morgan fingerprint density at radius 3 is 2.57 bits per heavy atom. The van der Waals surface area contributed by atoms with E-state index >= 15 is 0 Å². The Hall–Kier alpha value is 0.170. The van der Waals surface area contributed by atoms with Gasteiger partial charge < -0.3 is 4.74 Å². The SMILES string of the molecule is CC(=O)O[C@H](C)CC1(C)SCCCS1. The second kappa shape index (κ2) is 5.31. The van der Waals surface area contributed by atoms with Crippen molar-refractivity contribution in [3.63, 3.8) is 0 Å². The lowest BCUT2D eigenvalue weighted by molar-refractivity contribution is -0.145. The topological polar surface area (TPSA) is 26.3 Å². The van der Waals surface area contributed by atoms with Gasteiger partial charge in [0, 0.05) is 13.3 Å². The molecule has 4 heteroatoms. The van der Waals surface area contributed by atoms with Crippen LogP contribution in [0.4, 0.5) is 0 Å². The molecule has 0 N–H and O–H groups in total. The zero-order valence-corrected chi connectivity index (χ0v) is 10.7. The molecule has 0 amide bonds. The van der Waals surface area contributed by atoms with Gasteiger partial charge >= 0.3 is 5.97 Å². The van der Waals surface area contributed by atoms with E-state index in [1.807, 2.05) is 30.4 Å². The van der Waals surface area contributed by atoms with E-state index in [0.29, 0.717) is 0 Å². The summed E-state index contributed by atoms with van der Waals surface area (Å²) in [6, 6.07) is 0. The molecule has 0 saturated carbocycles. The van der Waals surface area contributed by atoms with Crippen LogP contribution in [0.5, 0.6) is 0 Å². The van der Waals surface area contributed by atoms with Crippen LogP contribution in [-0.2, 0) is 9.53 Å². The van der Waals surface area contributed by atoms with Crippen LogP contribution in [0.3, 0.4) is 0 Å². The number of thioether (sulfide) groups is 2. The van der Waals surface area contributed by atoms with Gasteiger partial charge in [0.15, 0.2) is 0 Å². The van der Waals surface area contributed by atoms with Crippen LogP contribution in [0, 0.1) is 0 Å². The Labute approximate surface area is 94.5 Å².